The maximum Gasteiger partial charge on any atom is 0.151 e. The van der Waals surface area contributed by atoms with E-state index in [4.69, 9.17) is 23.2 Å². The lowest BCUT2D eigenvalue weighted by atomic mass is 10.2. The monoisotopic (exact) mass is 283 g/mol. The minimum Gasteiger partial charge on any atom is -0.216 e. The summed E-state index contributed by atoms with van der Waals surface area (Å²) < 4.78 is 1.82. The predicted octanol–water partition coefficient (Wildman–Crippen LogP) is 3.78. The third kappa shape index (κ3) is 2.52. The van der Waals surface area contributed by atoms with Gasteiger partial charge in [-0.15, -0.1) is 11.6 Å². The zero-order valence-electron chi connectivity index (χ0n) is 10.5. The number of hydrogen-bond donors (Lipinski definition) is 0. The Bertz CT molecular complexity index is 549. The van der Waals surface area contributed by atoms with Gasteiger partial charge in [0.1, 0.15) is 5.82 Å². The molecule has 2 rings (SSSR count). The molecule has 0 aliphatic heterocycles. The van der Waals surface area contributed by atoms with Crippen LogP contribution in [0, 0.1) is 0 Å². The van der Waals surface area contributed by atoms with E-state index in [1.165, 1.54) is 0 Å². The molecule has 5 heteroatoms. The summed E-state index contributed by atoms with van der Waals surface area (Å²) in [5, 5.41) is 5.12. The molecule has 0 amide bonds. The van der Waals surface area contributed by atoms with Crippen LogP contribution in [0.25, 0.3) is 5.69 Å². The van der Waals surface area contributed by atoms with Gasteiger partial charge in [0.05, 0.1) is 10.7 Å². The van der Waals surface area contributed by atoms with Crippen LogP contribution in [0.15, 0.2) is 18.2 Å². The number of nitrogens with zero attached hydrogens (tertiary/aromatic N) is 3. The van der Waals surface area contributed by atoms with Gasteiger partial charge in [-0.25, -0.2) is 9.67 Å². The summed E-state index contributed by atoms with van der Waals surface area (Å²) in [6.07, 6.45) is 1.64. The molecule has 0 saturated heterocycles. The normalized spacial score (nSPS) is 10.9. The molecule has 1 aromatic heterocycles. The molecular weight excluding hydrogens is 269 g/mol. The summed E-state index contributed by atoms with van der Waals surface area (Å²) in [6, 6.07) is 5.77. The van der Waals surface area contributed by atoms with Crippen molar-refractivity contribution in [3.8, 4) is 5.69 Å². The number of aryl methyl sites for hydroxylation is 2. The highest BCUT2D eigenvalue weighted by Gasteiger charge is 2.12. The van der Waals surface area contributed by atoms with Gasteiger partial charge in [-0.1, -0.05) is 31.5 Å². The van der Waals surface area contributed by atoms with Gasteiger partial charge in [-0.3, -0.25) is 0 Å². The van der Waals surface area contributed by atoms with Gasteiger partial charge in [0, 0.05) is 18.7 Å². The minimum atomic E-state index is 0.457. The highest BCUT2D eigenvalue weighted by Crippen LogP contribution is 2.23. The van der Waals surface area contributed by atoms with E-state index in [0.29, 0.717) is 10.9 Å². The summed E-state index contributed by atoms with van der Waals surface area (Å²) in [6.45, 7) is 4.10. The van der Waals surface area contributed by atoms with Crippen molar-refractivity contribution in [2.24, 2.45) is 0 Å². The Morgan fingerprint density at radius 1 is 1.22 bits per heavy atom. The Balaban J connectivity index is 2.50. The van der Waals surface area contributed by atoms with Crippen molar-refractivity contribution in [1.82, 2.24) is 14.8 Å². The average molecular weight is 284 g/mol. The summed E-state index contributed by atoms with van der Waals surface area (Å²) in [5.41, 5.74) is 1.86. The standard InChI is InChI=1S/C13H15Cl2N3/c1-3-12-16-13(4-2)18(17-12)11-6-5-9(8-14)7-10(11)15/h5-7H,3-4,8H2,1-2H3. The van der Waals surface area contributed by atoms with Crippen LogP contribution < -0.4 is 0 Å². The molecule has 0 fully saturated rings. The number of alkyl halides is 1. The van der Waals surface area contributed by atoms with Crippen molar-refractivity contribution in [3.05, 3.63) is 40.4 Å². The molecule has 0 spiro atoms. The first-order valence-corrected chi connectivity index (χ1v) is 6.90. The molecule has 0 atom stereocenters. The van der Waals surface area contributed by atoms with Crippen molar-refractivity contribution in [2.75, 3.05) is 0 Å². The Hall–Kier alpha value is -1.06. The van der Waals surface area contributed by atoms with E-state index in [-0.39, 0.29) is 0 Å². The second kappa shape index (κ2) is 5.72. The van der Waals surface area contributed by atoms with E-state index in [1.807, 2.05) is 29.8 Å². The van der Waals surface area contributed by atoms with Crippen molar-refractivity contribution in [1.29, 1.82) is 0 Å². The van der Waals surface area contributed by atoms with E-state index in [1.54, 1.807) is 0 Å². The Morgan fingerprint density at radius 3 is 2.56 bits per heavy atom. The summed E-state index contributed by atoms with van der Waals surface area (Å²) in [7, 11) is 0. The minimum absolute atomic E-state index is 0.457. The largest absolute Gasteiger partial charge is 0.216 e. The van der Waals surface area contributed by atoms with Gasteiger partial charge in [-0.05, 0) is 17.7 Å². The lowest BCUT2D eigenvalue weighted by Crippen LogP contribution is -2.03. The summed E-state index contributed by atoms with van der Waals surface area (Å²) in [5.74, 6) is 2.22. The number of aromatic nitrogens is 3. The van der Waals surface area contributed by atoms with Crippen LogP contribution in [-0.2, 0) is 18.7 Å². The van der Waals surface area contributed by atoms with Crippen LogP contribution in [0.4, 0.5) is 0 Å². The van der Waals surface area contributed by atoms with E-state index in [9.17, 15) is 0 Å². The maximum atomic E-state index is 6.28. The highest BCUT2D eigenvalue weighted by atomic mass is 35.5. The van der Waals surface area contributed by atoms with Crippen LogP contribution >= 0.6 is 23.2 Å². The van der Waals surface area contributed by atoms with Gasteiger partial charge in [-0.2, -0.15) is 5.10 Å². The third-order valence-electron chi connectivity index (χ3n) is 2.75. The SMILES string of the molecule is CCc1nc(CC)n(-c2ccc(CCl)cc2Cl)n1. The third-order valence-corrected chi connectivity index (χ3v) is 3.36. The zero-order chi connectivity index (χ0) is 13.1. The molecule has 0 unspecified atom stereocenters. The van der Waals surface area contributed by atoms with Crippen molar-refractivity contribution in [3.63, 3.8) is 0 Å². The lowest BCUT2D eigenvalue weighted by Gasteiger charge is -2.07. The fraction of sp³-hybridized carbons (Fsp3) is 0.385. The quantitative estimate of drug-likeness (QED) is 0.800. The first-order valence-electron chi connectivity index (χ1n) is 5.99. The molecule has 0 saturated carbocycles. The van der Waals surface area contributed by atoms with Gasteiger partial charge >= 0.3 is 0 Å². The van der Waals surface area contributed by atoms with Gasteiger partial charge in [0.25, 0.3) is 0 Å². The molecule has 0 radical (unpaired) electrons. The van der Waals surface area contributed by atoms with Crippen molar-refractivity contribution >= 4 is 23.2 Å². The second-order valence-corrected chi connectivity index (χ2v) is 4.66. The fourth-order valence-corrected chi connectivity index (χ4v) is 2.22. The highest BCUT2D eigenvalue weighted by molar-refractivity contribution is 6.32. The average Bonchev–Trinajstić information content (AvgIpc) is 2.81. The van der Waals surface area contributed by atoms with E-state index >= 15 is 0 Å². The van der Waals surface area contributed by atoms with Gasteiger partial charge < -0.3 is 0 Å². The maximum absolute atomic E-state index is 6.28. The van der Waals surface area contributed by atoms with Crippen molar-refractivity contribution in [2.45, 2.75) is 32.6 Å². The fourth-order valence-electron chi connectivity index (χ4n) is 1.77. The Kier molecular flexibility index (Phi) is 4.25. The predicted molar refractivity (Wildman–Crippen MR) is 74.7 cm³/mol. The number of halogens is 2. The first-order chi connectivity index (χ1) is 8.69. The van der Waals surface area contributed by atoms with E-state index in [0.717, 1.165) is 35.7 Å². The molecule has 1 heterocycles. The van der Waals surface area contributed by atoms with Crippen LogP contribution in [-0.4, -0.2) is 14.8 Å². The molecule has 0 N–H and O–H groups in total. The topological polar surface area (TPSA) is 30.7 Å². The Morgan fingerprint density at radius 2 is 2.00 bits per heavy atom. The lowest BCUT2D eigenvalue weighted by molar-refractivity contribution is 0.791. The van der Waals surface area contributed by atoms with Gasteiger partial charge in [0.2, 0.25) is 0 Å². The first kappa shape index (κ1) is 13.4. The molecule has 96 valence electrons. The molecule has 0 aliphatic carbocycles. The summed E-state index contributed by atoms with van der Waals surface area (Å²) in [4.78, 5) is 4.47. The smallest absolute Gasteiger partial charge is 0.151 e. The summed E-state index contributed by atoms with van der Waals surface area (Å²) >= 11 is 12.1. The number of rotatable bonds is 4. The molecular formula is C13H15Cl2N3. The zero-order valence-corrected chi connectivity index (χ0v) is 12.0. The Labute approximate surface area is 117 Å². The van der Waals surface area contributed by atoms with Crippen LogP contribution in [0.3, 0.4) is 0 Å². The van der Waals surface area contributed by atoms with Crippen LogP contribution in [0.1, 0.15) is 31.1 Å². The number of benzene rings is 1. The molecule has 1 aromatic carbocycles. The molecule has 3 nitrogen and oxygen atoms in total. The molecule has 0 bridgehead atoms. The molecule has 18 heavy (non-hydrogen) atoms. The number of hydrogen-bond acceptors (Lipinski definition) is 2. The second-order valence-electron chi connectivity index (χ2n) is 3.98. The van der Waals surface area contributed by atoms with Gasteiger partial charge in [0.15, 0.2) is 5.82 Å². The van der Waals surface area contributed by atoms with E-state index in [2.05, 4.69) is 17.0 Å². The molecule has 0 aliphatic rings. The van der Waals surface area contributed by atoms with Crippen molar-refractivity contribution < 1.29 is 0 Å². The van der Waals surface area contributed by atoms with Crippen LogP contribution in [0.2, 0.25) is 5.02 Å². The molecule has 2 aromatic rings. The van der Waals surface area contributed by atoms with E-state index < -0.39 is 0 Å². The van der Waals surface area contributed by atoms with Crippen LogP contribution in [0.5, 0.6) is 0 Å².